The number of pyridine rings is 2. The van der Waals surface area contributed by atoms with Crippen LogP contribution in [0.5, 0.6) is 0 Å². The first-order chi connectivity index (χ1) is 15.3. The highest BCUT2D eigenvalue weighted by atomic mass is 16.5. The molecular weight excluding hydrogens is 392 g/mol. The Morgan fingerprint density at radius 1 is 1.10 bits per heavy atom. The quantitative estimate of drug-likeness (QED) is 0.549. The summed E-state index contributed by atoms with van der Waals surface area (Å²) in [5, 5.41) is 8.26. The summed E-state index contributed by atoms with van der Waals surface area (Å²) in [5.74, 6) is 2.04. The summed E-state index contributed by atoms with van der Waals surface area (Å²) in [6.45, 7) is 7.03. The summed E-state index contributed by atoms with van der Waals surface area (Å²) in [6, 6.07) is 6.48. The molecule has 4 aromatic rings. The van der Waals surface area contributed by atoms with Gasteiger partial charge in [-0.15, -0.1) is 0 Å². The van der Waals surface area contributed by atoms with E-state index in [0.29, 0.717) is 13.2 Å². The first kappa shape index (κ1) is 18.3. The third-order valence-corrected chi connectivity index (χ3v) is 6.20. The van der Waals surface area contributed by atoms with Crippen molar-refractivity contribution >= 4 is 22.4 Å². The molecule has 9 heteroatoms. The van der Waals surface area contributed by atoms with E-state index < -0.39 is 0 Å². The van der Waals surface area contributed by atoms with Gasteiger partial charge in [0.1, 0.15) is 22.9 Å². The van der Waals surface area contributed by atoms with Gasteiger partial charge >= 0.3 is 0 Å². The second-order valence-electron chi connectivity index (χ2n) is 8.10. The second kappa shape index (κ2) is 7.35. The van der Waals surface area contributed by atoms with E-state index in [0.717, 1.165) is 65.8 Å². The van der Waals surface area contributed by atoms with E-state index >= 15 is 0 Å². The summed E-state index contributed by atoms with van der Waals surface area (Å²) in [4.78, 5) is 19.0. The van der Waals surface area contributed by atoms with Crippen molar-refractivity contribution in [3.05, 3.63) is 48.8 Å². The van der Waals surface area contributed by atoms with Crippen LogP contribution in [0.25, 0.3) is 22.3 Å². The number of rotatable bonds is 3. The van der Waals surface area contributed by atoms with Crippen LogP contribution in [0.15, 0.2) is 43.0 Å². The van der Waals surface area contributed by atoms with Gasteiger partial charge in [0, 0.05) is 55.9 Å². The standard InChI is InChI=1S/C22H24N8O/c1-15-14-31-11-10-30(15)19-12-18(29-9-8-28-7-6-23-20(28)13-29)16-2-4-24-22(21(16)26-19)17-3-5-25-27-17/h2-7,12,15H,8-11,13-14H2,1H3,(H,25,27)/t15-/m1/s1. The van der Waals surface area contributed by atoms with Crippen molar-refractivity contribution in [1.82, 2.24) is 29.7 Å². The molecule has 31 heavy (non-hydrogen) atoms. The van der Waals surface area contributed by atoms with Crippen molar-refractivity contribution in [2.75, 3.05) is 36.1 Å². The monoisotopic (exact) mass is 416 g/mol. The molecule has 0 amide bonds. The van der Waals surface area contributed by atoms with Crippen molar-refractivity contribution in [2.24, 2.45) is 0 Å². The molecule has 2 aliphatic rings. The molecule has 6 heterocycles. The number of H-pyrrole nitrogens is 1. The molecule has 9 nitrogen and oxygen atoms in total. The van der Waals surface area contributed by atoms with Crippen LogP contribution in [0.4, 0.5) is 11.5 Å². The molecule has 0 spiro atoms. The summed E-state index contributed by atoms with van der Waals surface area (Å²) in [7, 11) is 0. The minimum Gasteiger partial charge on any atom is -0.377 e. The van der Waals surface area contributed by atoms with Gasteiger partial charge in [0.15, 0.2) is 0 Å². The SMILES string of the molecule is C[C@@H]1COCCN1c1cc(N2CCn3ccnc3C2)c2ccnc(-c3ccn[nH]3)c2n1. The van der Waals surface area contributed by atoms with E-state index in [2.05, 4.69) is 59.8 Å². The van der Waals surface area contributed by atoms with Gasteiger partial charge in [-0.2, -0.15) is 5.10 Å². The normalized spacial score (nSPS) is 19.1. The van der Waals surface area contributed by atoms with Crippen LogP contribution in [0.1, 0.15) is 12.7 Å². The maximum absolute atomic E-state index is 5.66. The minimum absolute atomic E-state index is 0.263. The van der Waals surface area contributed by atoms with E-state index in [9.17, 15) is 0 Å². The van der Waals surface area contributed by atoms with Crippen molar-refractivity contribution in [1.29, 1.82) is 0 Å². The highest BCUT2D eigenvalue weighted by Crippen LogP contribution is 2.36. The number of hydrogen-bond donors (Lipinski definition) is 1. The van der Waals surface area contributed by atoms with Crippen LogP contribution in [0.3, 0.4) is 0 Å². The Morgan fingerprint density at radius 3 is 2.94 bits per heavy atom. The molecule has 0 unspecified atom stereocenters. The van der Waals surface area contributed by atoms with Crippen LogP contribution in [0, 0.1) is 0 Å². The van der Waals surface area contributed by atoms with Crippen LogP contribution >= 0.6 is 0 Å². The van der Waals surface area contributed by atoms with E-state index in [1.54, 1.807) is 6.20 Å². The molecule has 6 rings (SSSR count). The lowest BCUT2D eigenvalue weighted by atomic mass is 10.1. The van der Waals surface area contributed by atoms with Crippen LogP contribution in [-0.2, 0) is 17.8 Å². The van der Waals surface area contributed by atoms with Crippen LogP contribution in [-0.4, -0.2) is 62.1 Å². The lowest BCUT2D eigenvalue weighted by Gasteiger charge is -2.36. The number of morpholine rings is 1. The van der Waals surface area contributed by atoms with E-state index in [1.807, 2.05) is 18.5 Å². The average Bonchev–Trinajstić information content (AvgIpc) is 3.50. The molecule has 0 radical (unpaired) electrons. The molecule has 0 saturated carbocycles. The Labute approximate surface area is 179 Å². The molecule has 0 bridgehead atoms. The highest BCUT2D eigenvalue weighted by Gasteiger charge is 2.25. The molecule has 1 saturated heterocycles. The van der Waals surface area contributed by atoms with Gasteiger partial charge in [-0.1, -0.05) is 0 Å². The van der Waals surface area contributed by atoms with Crippen molar-refractivity contribution in [3.63, 3.8) is 0 Å². The summed E-state index contributed by atoms with van der Waals surface area (Å²) >= 11 is 0. The van der Waals surface area contributed by atoms with E-state index in [4.69, 9.17) is 9.72 Å². The molecule has 4 aromatic heterocycles. The summed E-state index contributed by atoms with van der Waals surface area (Å²) in [5.41, 5.74) is 3.73. The summed E-state index contributed by atoms with van der Waals surface area (Å²) in [6.07, 6.45) is 7.53. The molecule has 1 fully saturated rings. The number of anilines is 2. The van der Waals surface area contributed by atoms with E-state index in [-0.39, 0.29) is 6.04 Å². The van der Waals surface area contributed by atoms with Crippen LogP contribution < -0.4 is 9.80 Å². The highest BCUT2D eigenvalue weighted by molar-refractivity contribution is 6.00. The molecular formula is C22H24N8O. The first-order valence-corrected chi connectivity index (χ1v) is 10.7. The average molecular weight is 416 g/mol. The van der Waals surface area contributed by atoms with Gasteiger partial charge in [-0.05, 0) is 19.1 Å². The fraction of sp³-hybridized carbons (Fsp3) is 0.364. The van der Waals surface area contributed by atoms with Crippen molar-refractivity contribution in [3.8, 4) is 11.4 Å². The van der Waals surface area contributed by atoms with Gasteiger partial charge in [-0.3, -0.25) is 10.1 Å². The number of hydrogen-bond acceptors (Lipinski definition) is 7. The number of ether oxygens (including phenoxy) is 1. The third-order valence-electron chi connectivity index (χ3n) is 6.20. The number of nitrogens with one attached hydrogen (secondary N) is 1. The number of nitrogens with zero attached hydrogens (tertiary/aromatic N) is 7. The minimum atomic E-state index is 0.263. The maximum Gasteiger partial charge on any atom is 0.131 e. The smallest absolute Gasteiger partial charge is 0.131 e. The van der Waals surface area contributed by atoms with E-state index in [1.165, 1.54) is 0 Å². The third kappa shape index (κ3) is 3.12. The van der Waals surface area contributed by atoms with Crippen molar-refractivity contribution < 1.29 is 4.74 Å². The lowest BCUT2D eigenvalue weighted by molar-refractivity contribution is 0.0986. The second-order valence-corrected chi connectivity index (χ2v) is 8.10. The molecule has 1 N–H and O–H groups in total. The zero-order valence-corrected chi connectivity index (χ0v) is 17.4. The summed E-state index contributed by atoms with van der Waals surface area (Å²) < 4.78 is 7.89. The Morgan fingerprint density at radius 2 is 2.06 bits per heavy atom. The Hall–Kier alpha value is -3.46. The Bertz CT molecular complexity index is 1220. The predicted octanol–water partition coefficient (Wildman–Crippen LogP) is 2.46. The predicted molar refractivity (Wildman–Crippen MR) is 118 cm³/mol. The first-order valence-electron chi connectivity index (χ1n) is 10.7. The molecule has 0 aromatic carbocycles. The van der Waals surface area contributed by atoms with Gasteiger partial charge in [-0.25, -0.2) is 9.97 Å². The topological polar surface area (TPSA) is 88.0 Å². The zero-order valence-electron chi connectivity index (χ0n) is 17.4. The lowest BCUT2D eigenvalue weighted by Crippen LogP contribution is -2.44. The van der Waals surface area contributed by atoms with Crippen molar-refractivity contribution in [2.45, 2.75) is 26.1 Å². The number of imidazole rings is 1. The fourth-order valence-electron chi connectivity index (χ4n) is 4.56. The Balaban J connectivity index is 1.54. The van der Waals surface area contributed by atoms with Gasteiger partial charge in [0.05, 0.1) is 37.2 Å². The number of aromatic nitrogens is 6. The maximum atomic E-state index is 5.66. The zero-order chi connectivity index (χ0) is 20.8. The largest absolute Gasteiger partial charge is 0.377 e. The molecule has 0 aliphatic carbocycles. The number of fused-ring (bicyclic) bond motifs is 2. The Kier molecular flexibility index (Phi) is 4.34. The van der Waals surface area contributed by atoms with Gasteiger partial charge in [0.2, 0.25) is 0 Å². The van der Waals surface area contributed by atoms with Gasteiger partial charge < -0.3 is 19.1 Å². The van der Waals surface area contributed by atoms with Gasteiger partial charge in [0.25, 0.3) is 0 Å². The molecule has 2 aliphatic heterocycles. The molecule has 1 atom stereocenters. The van der Waals surface area contributed by atoms with Crippen LogP contribution in [0.2, 0.25) is 0 Å². The fourth-order valence-corrected chi connectivity index (χ4v) is 4.56. The number of aromatic amines is 1. The molecule has 158 valence electrons.